The molecule has 1 atom stereocenters. The van der Waals surface area contributed by atoms with Gasteiger partial charge in [0, 0.05) is 19.3 Å². The van der Waals surface area contributed by atoms with Crippen LogP contribution in [0.2, 0.25) is 0 Å². The summed E-state index contributed by atoms with van der Waals surface area (Å²) < 4.78 is 16.8. The molecule has 0 aromatic heterocycles. The lowest BCUT2D eigenvalue weighted by atomic mass is 10.1. The van der Waals surface area contributed by atoms with Crippen molar-refractivity contribution in [3.05, 3.63) is 134 Å². The molecule has 0 aromatic carbocycles. The number of hydrogen-bond donors (Lipinski definition) is 0. The number of unbranched alkanes of at least 4 members (excludes halogenated alkanes) is 17. The standard InChI is InChI=1S/C65H104O6/c1-4-7-10-13-16-19-22-25-27-29-30-31-32-33-34-36-37-40-43-46-49-52-55-58-64(67)70-61-62(60-69-63(66)57-54-51-48-45-42-39-24-21-18-15-12-9-6-3)71-65(68)59-56-53-50-47-44-41-38-35-28-26-23-20-17-14-11-8-5-2/h7-12,16-21,25-28,30-31,33-34,39,42,62H,4-6,13-15,22-24,29,32,35-38,40-41,43-61H2,1-3H3/b10-7-,11-8-,12-9-,19-16-,20-17-,21-18-,27-25-,28-26-,31-30-,34-33-,42-39-. The van der Waals surface area contributed by atoms with Crippen LogP contribution in [-0.2, 0) is 28.6 Å². The molecule has 0 saturated heterocycles. The fraction of sp³-hybridized carbons (Fsp3) is 0.615. The first-order chi connectivity index (χ1) is 35.0. The van der Waals surface area contributed by atoms with E-state index in [2.05, 4.69) is 154 Å². The van der Waals surface area contributed by atoms with Gasteiger partial charge in [-0.05, 0) is 128 Å². The molecule has 1 unspecified atom stereocenters. The predicted molar refractivity (Wildman–Crippen MR) is 306 cm³/mol. The second kappa shape index (κ2) is 58.1. The van der Waals surface area contributed by atoms with Gasteiger partial charge in [0.05, 0.1) is 0 Å². The van der Waals surface area contributed by atoms with Crippen molar-refractivity contribution in [3.8, 4) is 0 Å². The average molecular weight is 982 g/mol. The third-order valence-electron chi connectivity index (χ3n) is 11.6. The van der Waals surface area contributed by atoms with Crippen molar-refractivity contribution >= 4 is 17.9 Å². The van der Waals surface area contributed by atoms with Gasteiger partial charge in [-0.1, -0.05) is 225 Å². The van der Waals surface area contributed by atoms with Crippen LogP contribution in [0, 0.1) is 0 Å². The number of esters is 3. The Hall–Kier alpha value is -4.45. The Morgan fingerprint density at radius 1 is 0.282 bits per heavy atom. The molecule has 0 spiro atoms. The van der Waals surface area contributed by atoms with E-state index in [4.69, 9.17) is 14.2 Å². The maximum Gasteiger partial charge on any atom is 0.306 e. The van der Waals surface area contributed by atoms with Gasteiger partial charge in [0.15, 0.2) is 6.10 Å². The van der Waals surface area contributed by atoms with Crippen molar-refractivity contribution in [1.82, 2.24) is 0 Å². The van der Waals surface area contributed by atoms with E-state index in [1.54, 1.807) is 0 Å². The third-order valence-corrected chi connectivity index (χ3v) is 11.6. The van der Waals surface area contributed by atoms with Crippen molar-refractivity contribution in [2.45, 2.75) is 245 Å². The smallest absolute Gasteiger partial charge is 0.306 e. The summed E-state index contributed by atoms with van der Waals surface area (Å²) in [6, 6.07) is 0. The number of carbonyl (C=O) groups excluding carboxylic acids is 3. The molecule has 0 heterocycles. The summed E-state index contributed by atoms with van der Waals surface area (Å²) >= 11 is 0. The van der Waals surface area contributed by atoms with E-state index in [9.17, 15) is 14.4 Å². The maximum atomic E-state index is 12.9. The Kier molecular flexibility index (Phi) is 54.5. The number of carbonyl (C=O) groups is 3. The lowest BCUT2D eigenvalue weighted by Crippen LogP contribution is -2.30. The van der Waals surface area contributed by atoms with Crippen molar-refractivity contribution < 1.29 is 28.6 Å². The third kappa shape index (κ3) is 56.3. The Morgan fingerprint density at radius 3 is 0.803 bits per heavy atom. The Morgan fingerprint density at radius 2 is 0.507 bits per heavy atom. The number of rotatable bonds is 50. The lowest BCUT2D eigenvalue weighted by Gasteiger charge is -2.18. The summed E-state index contributed by atoms with van der Waals surface area (Å²) in [6.07, 6.45) is 81.6. The largest absolute Gasteiger partial charge is 0.462 e. The van der Waals surface area contributed by atoms with Gasteiger partial charge in [0.2, 0.25) is 0 Å². The maximum absolute atomic E-state index is 12.9. The Bertz CT molecular complexity index is 1550. The minimum absolute atomic E-state index is 0.102. The Labute approximate surface area is 436 Å². The minimum Gasteiger partial charge on any atom is -0.462 e. The molecule has 6 nitrogen and oxygen atoms in total. The SMILES string of the molecule is CC/C=C\C/C=C\C/C=C\C/C=C\C/C=C\CCCCCCCCCC(=O)OCC(COC(=O)CCCCC/C=C\C/C=C\C/C=C\CC)OC(=O)CCCCCCCCC/C=C\C/C=C\C/C=C\CC. The summed E-state index contributed by atoms with van der Waals surface area (Å²) in [7, 11) is 0. The monoisotopic (exact) mass is 981 g/mol. The zero-order chi connectivity index (χ0) is 51.4. The molecule has 0 aliphatic rings. The number of ether oxygens (including phenoxy) is 3. The van der Waals surface area contributed by atoms with Crippen molar-refractivity contribution in [2.24, 2.45) is 0 Å². The molecular formula is C65H104O6. The van der Waals surface area contributed by atoms with Crippen molar-refractivity contribution in [1.29, 1.82) is 0 Å². The van der Waals surface area contributed by atoms with Gasteiger partial charge in [0.1, 0.15) is 13.2 Å². The van der Waals surface area contributed by atoms with Gasteiger partial charge >= 0.3 is 17.9 Å². The minimum atomic E-state index is -0.806. The molecule has 400 valence electrons. The highest BCUT2D eigenvalue weighted by Crippen LogP contribution is 2.14. The molecule has 0 aromatic rings. The molecule has 0 aliphatic carbocycles. The average Bonchev–Trinajstić information content (AvgIpc) is 3.37. The quantitative estimate of drug-likeness (QED) is 0.0262. The molecule has 0 aliphatic heterocycles. The molecule has 0 N–H and O–H groups in total. The van der Waals surface area contributed by atoms with E-state index >= 15 is 0 Å². The van der Waals surface area contributed by atoms with Crippen LogP contribution < -0.4 is 0 Å². The molecule has 71 heavy (non-hydrogen) atoms. The zero-order valence-electron chi connectivity index (χ0n) is 45.7. The van der Waals surface area contributed by atoms with Crippen LogP contribution in [0.4, 0.5) is 0 Å². The van der Waals surface area contributed by atoms with Crippen LogP contribution in [0.3, 0.4) is 0 Å². The topological polar surface area (TPSA) is 78.9 Å². The van der Waals surface area contributed by atoms with Gasteiger partial charge < -0.3 is 14.2 Å². The van der Waals surface area contributed by atoms with Gasteiger partial charge in [-0.3, -0.25) is 14.4 Å². The van der Waals surface area contributed by atoms with E-state index in [0.29, 0.717) is 19.3 Å². The van der Waals surface area contributed by atoms with Gasteiger partial charge in [-0.2, -0.15) is 0 Å². The lowest BCUT2D eigenvalue weighted by molar-refractivity contribution is -0.167. The fourth-order valence-electron chi connectivity index (χ4n) is 7.44. The highest BCUT2D eigenvalue weighted by molar-refractivity contribution is 5.71. The van der Waals surface area contributed by atoms with Crippen LogP contribution in [0.15, 0.2) is 134 Å². The molecule has 0 saturated carbocycles. The summed E-state index contributed by atoms with van der Waals surface area (Å²) in [6.45, 7) is 6.25. The molecule has 0 radical (unpaired) electrons. The van der Waals surface area contributed by atoms with Crippen molar-refractivity contribution in [3.63, 3.8) is 0 Å². The highest BCUT2D eigenvalue weighted by Gasteiger charge is 2.19. The molecule has 0 bridgehead atoms. The fourth-order valence-corrected chi connectivity index (χ4v) is 7.44. The summed E-state index contributed by atoms with van der Waals surface area (Å²) in [5.41, 5.74) is 0. The summed E-state index contributed by atoms with van der Waals surface area (Å²) in [5, 5.41) is 0. The Balaban J connectivity index is 4.43. The van der Waals surface area contributed by atoms with Gasteiger partial charge in [-0.15, -0.1) is 0 Å². The number of allylic oxidation sites excluding steroid dienone is 22. The summed E-state index contributed by atoms with van der Waals surface area (Å²) in [5.74, 6) is -0.956. The van der Waals surface area contributed by atoms with Gasteiger partial charge in [-0.25, -0.2) is 0 Å². The first-order valence-electron chi connectivity index (χ1n) is 28.7. The van der Waals surface area contributed by atoms with E-state index in [1.165, 1.54) is 51.4 Å². The molecular weight excluding hydrogens is 877 g/mol. The van der Waals surface area contributed by atoms with Crippen LogP contribution in [-0.4, -0.2) is 37.2 Å². The molecule has 0 rings (SSSR count). The molecule has 0 amide bonds. The molecule has 0 fully saturated rings. The highest BCUT2D eigenvalue weighted by atomic mass is 16.6. The van der Waals surface area contributed by atoms with Crippen LogP contribution >= 0.6 is 0 Å². The number of hydrogen-bond acceptors (Lipinski definition) is 6. The van der Waals surface area contributed by atoms with Crippen molar-refractivity contribution in [2.75, 3.05) is 13.2 Å². The van der Waals surface area contributed by atoms with E-state index in [0.717, 1.165) is 148 Å². The normalized spacial score (nSPS) is 13.1. The molecule has 6 heteroatoms. The first kappa shape index (κ1) is 66.6. The van der Waals surface area contributed by atoms with E-state index < -0.39 is 6.10 Å². The van der Waals surface area contributed by atoms with Crippen LogP contribution in [0.25, 0.3) is 0 Å². The van der Waals surface area contributed by atoms with E-state index in [1.807, 2.05) is 0 Å². The van der Waals surface area contributed by atoms with Crippen LogP contribution in [0.1, 0.15) is 239 Å². The first-order valence-corrected chi connectivity index (χ1v) is 28.7. The second-order valence-corrected chi connectivity index (χ2v) is 18.4. The zero-order valence-corrected chi connectivity index (χ0v) is 45.7. The second-order valence-electron chi connectivity index (χ2n) is 18.4. The predicted octanol–water partition coefficient (Wildman–Crippen LogP) is 19.4. The van der Waals surface area contributed by atoms with Gasteiger partial charge in [0.25, 0.3) is 0 Å². The van der Waals surface area contributed by atoms with E-state index in [-0.39, 0.29) is 31.1 Å². The van der Waals surface area contributed by atoms with Crippen LogP contribution in [0.5, 0.6) is 0 Å². The summed E-state index contributed by atoms with van der Waals surface area (Å²) in [4.78, 5) is 38.2.